The molecule has 2 N–H and O–H groups in total. The van der Waals surface area contributed by atoms with Gasteiger partial charge in [-0.05, 0) is 29.8 Å². The zero-order valence-electron chi connectivity index (χ0n) is 14.7. The number of hydrogen-bond donors (Lipinski definition) is 2. The maximum atomic E-state index is 12.9. The summed E-state index contributed by atoms with van der Waals surface area (Å²) in [5.74, 6) is -0.122. The molecule has 7 nitrogen and oxygen atoms in total. The van der Waals surface area contributed by atoms with E-state index in [1.807, 2.05) is 30.3 Å². The van der Waals surface area contributed by atoms with Crippen molar-refractivity contribution in [2.75, 3.05) is 5.75 Å². The number of nitrogens with zero attached hydrogens (tertiary/aromatic N) is 2. The molecule has 0 saturated heterocycles. The molecule has 3 aromatic rings. The summed E-state index contributed by atoms with van der Waals surface area (Å²) in [6, 6.07) is 14.5. The summed E-state index contributed by atoms with van der Waals surface area (Å²) in [7, 11) is 0. The summed E-state index contributed by atoms with van der Waals surface area (Å²) in [6.45, 7) is 0.336. The third-order valence-corrected chi connectivity index (χ3v) is 4.42. The Bertz CT molecular complexity index is 932. The lowest BCUT2D eigenvalue weighted by molar-refractivity contribution is -0.119. The second kappa shape index (κ2) is 9.65. The van der Waals surface area contributed by atoms with E-state index in [1.165, 1.54) is 23.9 Å². The zero-order chi connectivity index (χ0) is 19.8. The van der Waals surface area contributed by atoms with Crippen molar-refractivity contribution < 1.29 is 18.4 Å². The molecule has 2 aromatic carbocycles. The Morgan fingerprint density at radius 3 is 2.54 bits per heavy atom. The van der Waals surface area contributed by atoms with Crippen LogP contribution in [0, 0.1) is 5.82 Å². The second-order valence-electron chi connectivity index (χ2n) is 5.69. The van der Waals surface area contributed by atoms with E-state index >= 15 is 0 Å². The number of urea groups is 1. The molecule has 9 heteroatoms. The first-order valence-corrected chi connectivity index (χ1v) is 9.42. The Hall–Kier alpha value is -3.20. The van der Waals surface area contributed by atoms with Gasteiger partial charge in [-0.15, -0.1) is 10.2 Å². The average Bonchev–Trinajstić information content (AvgIpc) is 3.16. The molecule has 0 bridgehead atoms. The maximum absolute atomic E-state index is 12.9. The van der Waals surface area contributed by atoms with Gasteiger partial charge in [-0.25, -0.2) is 9.18 Å². The molecule has 0 aliphatic carbocycles. The van der Waals surface area contributed by atoms with Gasteiger partial charge in [-0.3, -0.25) is 10.1 Å². The molecule has 0 atom stereocenters. The third-order valence-electron chi connectivity index (χ3n) is 3.60. The third kappa shape index (κ3) is 5.92. The molecular weight excluding hydrogens is 383 g/mol. The van der Waals surface area contributed by atoms with Crippen molar-refractivity contribution in [2.24, 2.45) is 0 Å². The van der Waals surface area contributed by atoms with Crippen molar-refractivity contribution in [2.45, 2.75) is 18.2 Å². The highest BCUT2D eigenvalue weighted by molar-refractivity contribution is 7.99. The van der Waals surface area contributed by atoms with Crippen LogP contribution in [0.4, 0.5) is 9.18 Å². The summed E-state index contributed by atoms with van der Waals surface area (Å²) in [5.41, 5.74) is 1.54. The van der Waals surface area contributed by atoms with Crippen molar-refractivity contribution >= 4 is 23.7 Å². The van der Waals surface area contributed by atoms with Gasteiger partial charge < -0.3 is 9.73 Å². The molecule has 3 rings (SSSR count). The summed E-state index contributed by atoms with van der Waals surface area (Å²) in [4.78, 5) is 23.6. The minimum atomic E-state index is -0.546. The van der Waals surface area contributed by atoms with E-state index in [-0.39, 0.29) is 18.1 Å². The smallest absolute Gasteiger partial charge is 0.321 e. The van der Waals surface area contributed by atoms with E-state index in [0.29, 0.717) is 23.1 Å². The minimum absolute atomic E-state index is 0.109. The number of nitrogens with one attached hydrogen (secondary N) is 2. The Labute approximate surface area is 164 Å². The van der Waals surface area contributed by atoms with E-state index in [2.05, 4.69) is 20.8 Å². The van der Waals surface area contributed by atoms with Gasteiger partial charge in [0.25, 0.3) is 5.22 Å². The fourth-order valence-electron chi connectivity index (χ4n) is 2.22. The normalized spacial score (nSPS) is 10.5. The Morgan fingerprint density at radius 1 is 1.04 bits per heavy atom. The summed E-state index contributed by atoms with van der Waals surface area (Å²) in [5, 5.41) is 12.9. The van der Waals surface area contributed by atoms with Crippen LogP contribution in [-0.4, -0.2) is 27.9 Å². The van der Waals surface area contributed by atoms with Crippen molar-refractivity contribution in [3.63, 3.8) is 0 Å². The largest absolute Gasteiger partial charge is 0.411 e. The van der Waals surface area contributed by atoms with Crippen molar-refractivity contribution in [3.05, 3.63) is 66.0 Å². The van der Waals surface area contributed by atoms with E-state index in [4.69, 9.17) is 4.42 Å². The van der Waals surface area contributed by atoms with Gasteiger partial charge in [-0.1, -0.05) is 42.1 Å². The molecule has 0 aliphatic rings. The van der Waals surface area contributed by atoms with E-state index < -0.39 is 11.9 Å². The van der Waals surface area contributed by atoms with Crippen molar-refractivity contribution in [1.29, 1.82) is 0 Å². The van der Waals surface area contributed by atoms with Crippen molar-refractivity contribution in [3.8, 4) is 11.5 Å². The standard InChI is InChI=1S/C19H17FN4O3S/c20-15-8-6-14(7-9-15)17-23-24-19(27-17)28-11-10-16(25)22-18(26)21-12-13-4-2-1-3-5-13/h1-9H,10-12H2,(H2,21,22,25,26). The van der Waals surface area contributed by atoms with Gasteiger partial charge in [0.05, 0.1) is 0 Å². The number of hydrogen-bond acceptors (Lipinski definition) is 6. The van der Waals surface area contributed by atoms with Gasteiger partial charge in [0.2, 0.25) is 11.8 Å². The van der Waals surface area contributed by atoms with Crippen LogP contribution in [0.2, 0.25) is 0 Å². The maximum Gasteiger partial charge on any atom is 0.321 e. The summed E-state index contributed by atoms with van der Waals surface area (Å²) in [6.07, 6.45) is 0.109. The molecule has 0 aliphatic heterocycles. The number of halogens is 1. The van der Waals surface area contributed by atoms with Crippen LogP contribution in [0.5, 0.6) is 0 Å². The Morgan fingerprint density at radius 2 is 1.79 bits per heavy atom. The molecule has 28 heavy (non-hydrogen) atoms. The predicted octanol–water partition coefficient (Wildman–Crippen LogP) is 3.38. The van der Waals surface area contributed by atoms with Crippen LogP contribution >= 0.6 is 11.8 Å². The fourth-order valence-corrected chi connectivity index (χ4v) is 2.92. The first-order chi connectivity index (χ1) is 13.6. The average molecular weight is 400 g/mol. The van der Waals surface area contributed by atoms with Crippen LogP contribution in [0.1, 0.15) is 12.0 Å². The molecular formula is C19H17FN4O3S. The number of aromatic nitrogens is 2. The predicted molar refractivity (Wildman–Crippen MR) is 102 cm³/mol. The summed E-state index contributed by atoms with van der Waals surface area (Å²) >= 11 is 1.20. The lowest BCUT2D eigenvalue weighted by Crippen LogP contribution is -2.39. The Kier molecular flexibility index (Phi) is 6.74. The lowest BCUT2D eigenvalue weighted by atomic mass is 10.2. The molecule has 0 spiro atoms. The monoisotopic (exact) mass is 400 g/mol. The van der Waals surface area contributed by atoms with Crippen molar-refractivity contribution in [1.82, 2.24) is 20.8 Å². The molecule has 3 amide bonds. The van der Waals surface area contributed by atoms with Gasteiger partial charge >= 0.3 is 6.03 Å². The minimum Gasteiger partial charge on any atom is -0.411 e. The van der Waals surface area contributed by atoms with E-state index in [0.717, 1.165) is 5.56 Å². The topological polar surface area (TPSA) is 97.1 Å². The van der Waals surface area contributed by atoms with Gasteiger partial charge in [0, 0.05) is 24.3 Å². The van der Waals surface area contributed by atoms with Crippen LogP contribution in [0.25, 0.3) is 11.5 Å². The fraction of sp³-hybridized carbons (Fsp3) is 0.158. The number of carbonyl (C=O) groups excluding carboxylic acids is 2. The number of imide groups is 1. The molecule has 1 aromatic heterocycles. The second-order valence-corrected chi connectivity index (χ2v) is 6.74. The number of carbonyl (C=O) groups is 2. The quantitative estimate of drug-likeness (QED) is 0.590. The molecule has 0 radical (unpaired) electrons. The SMILES string of the molecule is O=C(CCSc1nnc(-c2ccc(F)cc2)o1)NC(=O)NCc1ccccc1. The highest BCUT2D eigenvalue weighted by atomic mass is 32.2. The number of thioether (sulfide) groups is 1. The number of benzene rings is 2. The summed E-state index contributed by atoms with van der Waals surface area (Å²) < 4.78 is 18.4. The van der Waals surface area contributed by atoms with Gasteiger partial charge in [0.1, 0.15) is 5.82 Å². The van der Waals surface area contributed by atoms with Crippen LogP contribution in [0.15, 0.2) is 64.2 Å². The first kappa shape index (κ1) is 19.6. The molecule has 0 fully saturated rings. The first-order valence-electron chi connectivity index (χ1n) is 8.44. The molecule has 0 saturated carbocycles. The lowest BCUT2D eigenvalue weighted by Gasteiger charge is -2.06. The molecule has 0 unspecified atom stereocenters. The van der Waals surface area contributed by atoms with Crippen LogP contribution < -0.4 is 10.6 Å². The van der Waals surface area contributed by atoms with Crippen LogP contribution in [-0.2, 0) is 11.3 Å². The zero-order valence-corrected chi connectivity index (χ0v) is 15.5. The Balaban J connectivity index is 1.38. The number of amides is 3. The van der Waals surface area contributed by atoms with E-state index in [1.54, 1.807) is 12.1 Å². The highest BCUT2D eigenvalue weighted by Gasteiger charge is 2.11. The van der Waals surface area contributed by atoms with Gasteiger partial charge in [-0.2, -0.15) is 0 Å². The molecule has 144 valence electrons. The van der Waals surface area contributed by atoms with Gasteiger partial charge in [0.15, 0.2) is 0 Å². The van der Waals surface area contributed by atoms with E-state index in [9.17, 15) is 14.0 Å². The highest BCUT2D eigenvalue weighted by Crippen LogP contribution is 2.23. The molecule has 1 heterocycles. The number of rotatable bonds is 7. The van der Waals surface area contributed by atoms with Crippen LogP contribution in [0.3, 0.4) is 0 Å².